The van der Waals surface area contributed by atoms with Gasteiger partial charge < -0.3 is 10.6 Å². The van der Waals surface area contributed by atoms with Crippen LogP contribution in [0.5, 0.6) is 0 Å². The zero-order valence-electron chi connectivity index (χ0n) is 14.9. The van der Waals surface area contributed by atoms with Crippen LogP contribution in [0.1, 0.15) is 37.1 Å². The van der Waals surface area contributed by atoms with Crippen molar-refractivity contribution in [3.63, 3.8) is 0 Å². The molecular weight excluding hydrogens is 388 g/mol. The maximum Gasteiger partial charge on any atom is 0.271 e. The molecule has 2 heterocycles. The standard InChI is InChI=1S/C18H15F2N5O2S/c1-9-16(18(27)24-10-3-4-12(19)13(20)5-10)15(28-25-9)6-11-7-23-14(8-22-11)17(26)21-2/h3-5,7-8H,6H2,1-2H3,(H,21,26)(H,24,27). The lowest BCUT2D eigenvalue weighted by Gasteiger charge is -2.07. The highest BCUT2D eigenvalue weighted by atomic mass is 32.1. The van der Waals surface area contributed by atoms with Crippen molar-refractivity contribution in [2.24, 2.45) is 0 Å². The lowest BCUT2D eigenvalue weighted by atomic mass is 10.1. The number of nitrogens with one attached hydrogen (secondary N) is 2. The number of anilines is 1. The Kier molecular flexibility index (Phi) is 5.69. The second-order valence-corrected chi connectivity index (χ2v) is 6.66. The Morgan fingerprint density at radius 3 is 2.54 bits per heavy atom. The maximum absolute atomic E-state index is 13.4. The predicted molar refractivity (Wildman–Crippen MR) is 99.4 cm³/mol. The van der Waals surface area contributed by atoms with Crippen LogP contribution in [0.3, 0.4) is 0 Å². The monoisotopic (exact) mass is 403 g/mol. The first-order chi connectivity index (χ1) is 13.4. The first kappa shape index (κ1) is 19.5. The van der Waals surface area contributed by atoms with Crippen LogP contribution in [0.4, 0.5) is 14.5 Å². The second-order valence-electron chi connectivity index (χ2n) is 5.80. The molecule has 0 saturated heterocycles. The third kappa shape index (κ3) is 4.17. The van der Waals surface area contributed by atoms with E-state index in [4.69, 9.17) is 0 Å². The van der Waals surface area contributed by atoms with Gasteiger partial charge in [0.15, 0.2) is 11.6 Å². The summed E-state index contributed by atoms with van der Waals surface area (Å²) in [6.45, 7) is 1.68. The SMILES string of the molecule is CNC(=O)c1cnc(Cc2snc(C)c2C(=O)Nc2ccc(F)c(F)c2)cn1. The Hall–Kier alpha value is -3.27. The molecule has 144 valence electrons. The smallest absolute Gasteiger partial charge is 0.271 e. The highest BCUT2D eigenvalue weighted by molar-refractivity contribution is 7.06. The van der Waals surface area contributed by atoms with Crippen LogP contribution >= 0.6 is 11.5 Å². The molecule has 0 saturated carbocycles. The van der Waals surface area contributed by atoms with Gasteiger partial charge in [-0.3, -0.25) is 14.6 Å². The summed E-state index contributed by atoms with van der Waals surface area (Å²) in [5.74, 6) is -2.88. The van der Waals surface area contributed by atoms with Gasteiger partial charge in [0.25, 0.3) is 11.8 Å². The van der Waals surface area contributed by atoms with Crippen LogP contribution in [-0.2, 0) is 6.42 Å². The molecule has 0 fully saturated rings. The number of halogens is 2. The van der Waals surface area contributed by atoms with E-state index >= 15 is 0 Å². The number of aromatic nitrogens is 3. The molecule has 0 aliphatic heterocycles. The summed E-state index contributed by atoms with van der Waals surface area (Å²) in [5.41, 5.74) is 1.72. The summed E-state index contributed by atoms with van der Waals surface area (Å²) in [6.07, 6.45) is 3.09. The summed E-state index contributed by atoms with van der Waals surface area (Å²) in [7, 11) is 1.50. The minimum atomic E-state index is -1.05. The van der Waals surface area contributed by atoms with Gasteiger partial charge in [0.1, 0.15) is 5.69 Å². The number of aryl methyl sites for hydroxylation is 1. The quantitative estimate of drug-likeness (QED) is 0.683. The second kappa shape index (κ2) is 8.17. The zero-order chi connectivity index (χ0) is 20.3. The molecule has 0 unspecified atom stereocenters. The van der Waals surface area contributed by atoms with E-state index in [-0.39, 0.29) is 23.7 Å². The normalized spacial score (nSPS) is 10.6. The molecule has 2 N–H and O–H groups in total. The summed E-state index contributed by atoms with van der Waals surface area (Å²) in [4.78, 5) is 33.0. The van der Waals surface area contributed by atoms with Crippen LogP contribution in [0, 0.1) is 18.6 Å². The van der Waals surface area contributed by atoms with Crippen molar-refractivity contribution in [1.29, 1.82) is 0 Å². The van der Waals surface area contributed by atoms with E-state index in [2.05, 4.69) is 25.0 Å². The molecule has 0 atom stereocenters. The largest absolute Gasteiger partial charge is 0.354 e. The number of hydrogen-bond acceptors (Lipinski definition) is 6. The number of amides is 2. The first-order valence-electron chi connectivity index (χ1n) is 8.13. The average molecular weight is 403 g/mol. The predicted octanol–water partition coefficient (Wildman–Crippen LogP) is 2.72. The fourth-order valence-electron chi connectivity index (χ4n) is 2.45. The van der Waals surface area contributed by atoms with Crippen LogP contribution in [0.15, 0.2) is 30.6 Å². The number of carbonyl (C=O) groups is 2. The highest BCUT2D eigenvalue weighted by Gasteiger charge is 2.20. The Bertz CT molecular complexity index is 1040. The Morgan fingerprint density at radius 1 is 1.11 bits per heavy atom. The fraction of sp³-hybridized carbons (Fsp3) is 0.167. The molecule has 0 aliphatic rings. The summed E-state index contributed by atoms with van der Waals surface area (Å²) >= 11 is 1.14. The van der Waals surface area contributed by atoms with Gasteiger partial charge in [-0.15, -0.1) is 0 Å². The molecule has 3 rings (SSSR count). The Labute approximate surface area is 163 Å². The summed E-state index contributed by atoms with van der Waals surface area (Å²) in [5, 5.41) is 5.00. The Balaban J connectivity index is 1.80. The van der Waals surface area contributed by atoms with Crippen LogP contribution in [-0.4, -0.2) is 33.2 Å². The van der Waals surface area contributed by atoms with Gasteiger partial charge in [0.2, 0.25) is 0 Å². The summed E-state index contributed by atoms with van der Waals surface area (Å²) in [6, 6.07) is 3.12. The van der Waals surface area contributed by atoms with Crippen molar-refractivity contribution >= 4 is 29.0 Å². The van der Waals surface area contributed by atoms with Crippen molar-refractivity contribution < 1.29 is 18.4 Å². The van der Waals surface area contributed by atoms with E-state index < -0.39 is 17.5 Å². The van der Waals surface area contributed by atoms with E-state index in [1.165, 1.54) is 25.5 Å². The van der Waals surface area contributed by atoms with Crippen molar-refractivity contribution in [2.75, 3.05) is 12.4 Å². The van der Waals surface area contributed by atoms with Gasteiger partial charge >= 0.3 is 0 Å². The third-order valence-corrected chi connectivity index (χ3v) is 4.78. The molecule has 0 radical (unpaired) electrons. The third-order valence-electron chi connectivity index (χ3n) is 3.84. The van der Waals surface area contributed by atoms with Crippen LogP contribution in [0.2, 0.25) is 0 Å². The van der Waals surface area contributed by atoms with Crippen molar-refractivity contribution in [3.8, 4) is 0 Å². The number of benzene rings is 1. The molecule has 10 heteroatoms. The van der Waals surface area contributed by atoms with Crippen LogP contribution in [0.25, 0.3) is 0 Å². The van der Waals surface area contributed by atoms with E-state index in [1.54, 1.807) is 6.92 Å². The Morgan fingerprint density at radius 2 is 1.89 bits per heavy atom. The summed E-state index contributed by atoms with van der Waals surface area (Å²) < 4.78 is 30.6. The topological polar surface area (TPSA) is 96.9 Å². The minimum absolute atomic E-state index is 0.134. The molecule has 0 bridgehead atoms. The first-order valence-corrected chi connectivity index (χ1v) is 8.91. The van der Waals surface area contributed by atoms with Gasteiger partial charge in [-0.05, 0) is 30.6 Å². The molecule has 1 aromatic carbocycles. The molecular formula is C18H15F2N5O2S. The lowest BCUT2D eigenvalue weighted by Crippen LogP contribution is -2.19. The zero-order valence-corrected chi connectivity index (χ0v) is 15.7. The van der Waals surface area contributed by atoms with Crippen LogP contribution < -0.4 is 10.6 Å². The van der Waals surface area contributed by atoms with Gasteiger partial charge in [0.05, 0.1) is 23.1 Å². The fourth-order valence-corrected chi connectivity index (χ4v) is 3.33. The van der Waals surface area contributed by atoms with E-state index in [0.29, 0.717) is 21.8 Å². The van der Waals surface area contributed by atoms with Gasteiger partial charge in [-0.25, -0.2) is 13.8 Å². The van der Waals surface area contributed by atoms with Gasteiger partial charge in [-0.2, -0.15) is 4.37 Å². The van der Waals surface area contributed by atoms with Gasteiger partial charge in [-0.1, -0.05) is 0 Å². The van der Waals surface area contributed by atoms with Crippen molar-refractivity contribution in [1.82, 2.24) is 19.7 Å². The highest BCUT2D eigenvalue weighted by Crippen LogP contribution is 2.23. The number of carbonyl (C=O) groups excluding carboxylic acids is 2. The molecule has 7 nitrogen and oxygen atoms in total. The molecule has 2 aromatic heterocycles. The van der Waals surface area contributed by atoms with E-state index in [1.807, 2.05) is 0 Å². The minimum Gasteiger partial charge on any atom is -0.354 e. The molecule has 28 heavy (non-hydrogen) atoms. The molecule has 3 aromatic rings. The number of rotatable bonds is 5. The van der Waals surface area contributed by atoms with E-state index in [9.17, 15) is 18.4 Å². The van der Waals surface area contributed by atoms with Gasteiger partial charge in [0, 0.05) is 36.3 Å². The van der Waals surface area contributed by atoms with Crippen molar-refractivity contribution in [3.05, 3.63) is 69.7 Å². The molecule has 0 aliphatic carbocycles. The lowest BCUT2D eigenvalue weighted by molar-refractivity contribution is 0.0956. The van der Waals surface area contributed by atoms with E-state index in [0.717, 1.165) is 23.7 Å². The molecule has 2 amide bonds. The number of hydrogen-bond donors (Lipinski definition) is 2. The van der Waals surface area contributed by atoms with Crippen molar-refractivity contribution in [2.45, 2.75) is 13.3 Å². The number of nitrogens with zero attached hydrogens (tertiary/aromatic N) is 3. The average Bonchev–Trinajstić information content (AvgIpc) is 3.05. The molecule has 0 spiro atoms. The maximum atomic E-state index is 13.4.